The molecular formula is C38H39FN2O8S. The lowest BCUT2D eigenvalue weighted by molar-refractivity contribution is -0.197. The molecule has 0 radical (unpaired) electrons. The maximum atomic E-state index is 17.8. The highest BCUT2D eigenvalue weighted by Crippen LogP contribution is 2.72. The molecule has 3 N–H and O–H groups in total. The Morgan fingerprint density at radius 3 is 2.40 bits per heavy atom. The number of thioether (sulfide) groups is 1. The van der Waals surface area contributed by atoms with Crippen LogP contribution in [0.3, 0.4) is 0 Å². The number of carboxylic acids is 1. The van der Waals surface area contributed by atoms with Crippen molar-refractivity contribution in [2.75, 3.05) is 19.8 Å². The van der Waals surface area contributed by atoms with Gasteiger partial charge in [-0.3, -0.25) is 14.4 Å². The van der Waals surface area contributed by atoms with Crippen molar-refractivity contribution in [3.05, 3.63) is 76.9 Å². The zero-order valence-corrected chi connectivity index (χ0v) is 29.1. The molecule has 0 spiro atoms. The maximum absolute atomic E-state index is 17.8. The number of alkyl halides is 1. The molecule has 0 aliphatic heterocycles. The minimum absolute atomic E-state index is 0.0579. The van der Waals surface area contributed by atoms with E-state index in [1.165, 1.54) is 53.5 Å². The van der Waals surface area contributed by atoms with Crippen molar-refractivity contribution < 1.29 is 43.6 Å². The lowest BCUT2D eigenvalue weighted by atomic mass is 9.43. The third-order valence-electron chi connectivity index (χ3n) is 12.0. The highest BCUT2D eigenvalue weighted by atomic mass is 32.2. The number of halogens is 1. The van der Waals surface area contributed by atoms with E-state index < -0.39 is 56.8 Å². The Hall–Kier alpha value is -4.47. The first-order chi connectivity index (χ1) is 23.5. The number of benzene rings is 2. The van der Waals surface area contributed by atoms with Crippen LogP contribution >= 0.6 is 11.8 Å². The van der Waals surface area contributed by atoms with E-state index in [0.29, 0.717) is 24.8 Å². The predicted molar refractivity (Wildman–Crippen MR) is 183 cm³/mol. The number of phenols is 1. The summed E-state index contributed by atoms with van der Waals surface area (Å²) in [6, 6.07) is 10.4. The predicted octanol–water partition coefficient (Wildman–Crippen LogP) is 5.98. The number of carbonyl (C=O) groups is 4. The van der Waals surface area contributed by atoms with Gasteiger partial charge in [0.15, 0.2) is 11.5 Å². The summed E-state index contributed by atoms with van der Waals surface area (Å²) in [7, 11) is 3.10. The van der Waals surface area contributed by atoms with Crippen molar-refractivity contribution in [3.63, 3.8) is 0 Å². The van der Waals surface area contributed by atoms with Crippen LogP contribution in [0.4, 0.5) is 4.39 Å². The van der Waals surface area contributed by atoms with Crippen molar-refractivity contribution in [1.29, 1.82) is 5.26 Å². The highest BCUT2D eigenvalue weighted by molar-refractivity contribution is 8.14. The number of hydrogen-bond acceptors (Lipinski definition) is 9. The Labute approximate surface area is 293 Å². The number of nitrogens with zero attached hydrogens (tertiary/aromatic N) is 2. The molecule has 4 aliphatic rings. The SMILES string of the molecule is CN(C)C(=O)c1ccc(Oc2ccc(C(=O)O)c([C@@]3(C(=O)SCC#N)CC[C@H]4[C@@H]5CCC6=CC(=O)C=C[C@]6(C)[C@@]5(F)[C@@H](O)C[C@@]43C)c2)cc1O. The summed E-state index contributed by atoms with van der Waals surface area (Å²) in [5.41, 5.74) is -5.45. The molecule has 7 atom stereocenters. The van der Waals surface area contributed by atoms with Crippen molar-refractivity contribution in [1.82, 2.24) is 4.90 Å². The number of aromatic hydroxyl groups is 1. The van der Waals surface area contributed by atoms with Gasteiger partial charge in [-0.05, 0) is 98.4 Å². The molecule has 262 valence electrons. The minimum Gasteiger partial charge on any atom is -0.507 e. The number of aliphatic hydroxyl groups is 1. The van der Waals surface area contributed by atoms with Gasteiger partial charge in [-0.25, -0.2) is 9.18 Å². The molecule has 12 heteroatoms. The number of carbonyl (C=O) groups excluding carboxylic acids is 3. The number of fused-ring (bicyclic) bond motifs is 5. The summed E-state index contributed by atoms with van der Waals surface area (Å²) in [5, 5.41) is 42.0. The number of ether oxygens (including phenoxy) is 1. The number of rotatable bonds is 7. The molecule has 50 heavy (non-hydrogen) atoms. The van der Waals surface area contributed by atoms with Crippen LogP contribution < -0.4 is 4.74 Å². The fourth-order valence-electron chi connectivity index (χ4n) is 9.61. The van der Waals surface area contributed by atoms with E-state index in [2.05, 4.69) is 0 Å². The van der Waals surface area contributed by atoms with E-state index >= 15 is 4.39 Å². The van der Waals surface area contributed by atoms with Crippen LogP contribution in [0.25, 0.3) is 0 Å². The van der Waals surface area contributed by atoms with Gasteiger partial charge in [-0.15, -0.1) is 0 Å². The Morgan fingerprint density at radius 1 is 1.08 bits per heavy atom. The number of aromatic carboxylic acids is 1. The number of ketones is 1. The fraction of sp³-hybridized carbons (Fsp3) is 0.447. The second-order valence-electron chi connectivity index (χ2n) is 14.4. The summed E-state index contributed by atoms with van der Waals surface area (Å²) in [4.78, 5) is 53.4. The standard InChI is InChI=1S/C38H39FN2O8S/c1-35-13-11-22(42)17-21(35)5-10-28-27-12-14-37(34(48)50-16-15-40,36(27,2)20-31(44)38(28,35)39)29-18-23(6-8-25(29)33(46)47)49-24-7-9-26(30(43)19-24)32(45)41(3)4/h6-9,11,13,17-19,27-28,31,43-44H,5,10,12,14,16,20H2,1-4H3,(H,46,47)/t27-,28-,31-,35-,36-,37+,38-/m0/s1. The Morgan fingerprint density at radius 2 is 1.76 bits per heavy atom. The summed E-state index contributed by atoms with van der Waals surface area (Å²) in [6.07, 6.45) is 3.88. The van der Waals surface area contributed by atoms with Crippen LogP contribution in [0.2, 0.25) is 0 Å². The third-order valence-corrected chi connectivity index (χ3v) is 12.9. The summed E-state index contributed by atoms with van der Waals surface area (Å²) >= 11 is 0.772. The molecular weight excluding hydrogens is 663 g/mol. The van der Waals surface area contributed by atoms with E-state index in [1.54, 1.807) is 27.1 Å². The molecule has 3 saturated carbocycles. The van der Waals surface area contributed by atoms with Gasteiger partial charge in [-0.1, -0.05) is 30.3 Å². The van der Waals surface area contributed by atoms with Crippen molar-refractivity contribution in [2.45, 2.75) is 63.1 Å². The second-order valence-corrected chi connectivity index (χ2v) is 15.4. The van der Waals surface area contributed by atoms with Gasteiger partial charge in [-0.2, -0.15) is 5.26 Å². The average Bonchev–Trinajstić information content (AvgIpc) is 3.37. The average molecular weight is 703 g/mol. The van der Waals surface area contributed by atoms with Gasteiger partial charge < -0.3 is 25.0 Å². The molecule has 4 aliphatic carbocycles. The topological polar surface area (TPSA) is 165 Å². The molecule has 0 bridgehead atoms. The van der Waals surface area contributed by atoms with Crippen LogP contribution in [0, 0.1) is 34.0 Å². The first kappa shape index (κ1) is 35.4. The number of carboxylic acid groups (broad SMARTS) is 1. The molecule has 6 rings (SSSR count). The van der Waals surface area contributed by atoms with E-state index in [1.807, 2.05) is 13.0 Å². The molecule has 2 aromatic carbocycles. The van der Waals surface area contributed by atoms with Crippen LogP contribution in [-0.4, -0.2) is 74.6 Å². The molecule has 3 fully saturated rings. The van der Waals surface area contributed by atoms with Gasteiger partial charge in [0.1, 0.15) is 17.2 Å². The number of hydrogen-bond donors (Lipinski definition) is 3. The van der Waals surface area contributed by atoms with Gasteiger partial charge in [0, 0.05) is 31.5 Å². The Bertz CT molecular complexity index is 1920. The van der Waals surface area contributed by atoms with Crippen molar-refractivity contribution in [3.8, 4) is 23.3 Å². The largest absolute Gasteiger partial charge is 0.507 e. The van der Waals surface area contributed by atoms with Gasteiger partial charge in [0.2, 0.25) is 5.12 Å². The molecule has 0 saturated heterocycles. The first-order valence-electron chi connectivity index (χ1n) is 16.5. The minimum atomic E-state index is -2.15. The van der Waals surface area contributed by atoms with Crippen molar-refractivity contribution >= 4 is 34.5 Å². The molecule has 0 heterocycles. The molecule has 0 unspecified atom stereocenters. The number of amides is 1. The Kier molecular flexibility index (Phi) is 8.76. The number of allylic oxidation sites excluding steroid dienone is 4. The monoisotopic (exact) mass is 702 g/mol. The maximum Gasteiger partial charge on any atom is 0.336 e. The highest BCUT2D eigenvalue weighted by Gasteiger charge is 2.74. The van der Waals surface area contributed by atoms with Gasteiger partial charge in [0.25, 0.3) is 5.91 Å². The summed E-state index contributed by atoms with van der Waals surface area (Å²) in [5.74, 6) is -3.34. The number of nitriles is 1. The van der Waals surface area contributed by atoms with Crippen LogP contribution in [-0.2, 0) is 15.0 Å². The van der Waals surface area contributed by atoms with E-state index in [9.17, 15) is 39.8 Å². The molecule has 2 aromatic rings. The fourth-order valence-corrected chi connectivity index (χ4v) is 10.5. The number of aliphatic hydroxyl groups excluding tert-OH is 1. The lowest BCUT2D eigenvalue weighted by Gasteiger charge is -2.63. The van der Waals surface area contributed by atoms with Gasteiger partial charge >= 0.3 is 5.97 Å². The lowest BCUT2D eigenvalue weighted by Crippen LogP contribution is -2.68. The molecule has 1 amide bonds. The normalized spacial score (nSPS) is 32.5. The van der Waals surface area contributed by atoms with E-state index in [-0.39, 0.29) is 58.3 Å². The van der Waals surface area contributed by atoms with Crippen LogP contribution in [0.1, 0.15) is 72.2 Å². The van der Waals surface area contributed by atoms with Gasteiger partial charge in [0.05, 0.1) is 34.5 Å². The van der Waals surface area contributed by atoms with Crippen LogP contribution in [0.15, 0.2) is 60.2 Å². The summed E-state index contributed by atoms with van der Waals surface area (Å²) in [6.45, 7) is 3.53. The zero-order valence-electron chi connectivity index (χ0n) is 28.2. The Balaban J connectivity index is 1.47. The molecule has 10 nitrogen and oxygen atoms in total. The van der Waals surface area contributed by atoms with Crippen molar-refractivity contribution in [2.24, 2.45) is 22.7 Å². The van der Waals surface area contributed by atoms with E-state index in [4.69, 9.17) is 4.74 Å². The number of phenolic OH excluding ortho intramolecular Hbond substituents is 1. The van der Waals surface area contributed by atoms with E-state index in [0.717, 1.165) is 11.8 Å². The van der Waals surface area contributed by atoms with Crippen LogP contribution in [0.5, 0.6) is 17.2 Å². The quantitative estimate of drug-likeness (QED) is 0.313. The third kappa shape index (κ3) is 5.00. The molecule has 0 aromatic heterocycles. The summed E-state index contributed by atoms with van der Waals surface area (Å²) < 4.78 is 23.9. The smallest absolute Gasteiger partial charge is 0.336 e. The zero-order chi connectivity index (χ0) is 36.4. The first-order valence-corrected chi connectivity index (χ1v) is 17.5. The second kappa shape index (κ2) is 12.4.